The van der Waals surface area contributed by atoms with Crippen molar-refractivity contribution < 1.29 is 19.1 Å². The number of nitrogens with zero attached hydrogens (tertiary/aromatic N) is 2. The van der Waals surface area contributed by atoms with Crippen molar-refractivity contribution in [3.8, 4) is 0 Å². The number of hydrogen-bond acceptors (Lipinski definition) is 5. The largest absolute Gasteiger partial charge is 0.466 e. The summed E-state index contributed by atoms with van der Waals surface area (Å²) in [5.74, 6) is 0.0262. The van der Waals surface area contributed by atoms with Crippen LogP contribution in [0.5, 0.6) is 0 Å². The second-order valence-corrected chi connectivity index (χ2v) is 8.27. The molecule has 0 radical (unpaired) electrons. The first-order valence-corrected chi connectivity index (χ1v) is 9.61. The first-order valence-electron chi connectivity index (χ1n) is 9.61. The molecule has 2 aliphatic rings. The summed E-state index contributed by atoms with van der Waals surface area (Å²) in [5, 5.41) is 0. The molecule has 144 valence electrons. The maximum absolute atomic E-state index is 12.3. The van der Waals surface area contributed by atoms with Crippen molar-refractivity contribution in [3.05, 3.63) is 0 Å². The molecule has 6 nitrogen and oxygen atoms in total. The summed E-state index contributed by atoms with van der Waals surface area (Å²) in [6.45, 7) is 12.5. The lowest BCUT2D eigenvalue weighted by Crippen LogP contribution is -2.57. The molecular weight excluding hydrogens is 320 g/mol. The molecule has 1 saturated carbocycles. The van der Waals surface area contributed by atoms with E-state index in [1.54, 1.807) is 0 Å². The van der Waals surface area contributed by atoms with Gasteiger partial charge in [-0.25, -0.2) is 4.79 Å². The number of carbonyl (C=O) groups excluding carboxylic acids is 2. The summed E-state index contributed by atoms with van der Waals surface area (Å²) in [6, 6.07) is 0.812. The summed E-state index contributed by atoms with van der Waals surface area (Å²) in [7, 11) is 0. The topological polar surface area (TPSA) is 59.1 Å². The van der Waals surface area contributed by atoms with Gasteiger partial charge in [-0.1, -0.05) is 0 Å². The van der Waals surface area contributed by atoms with Crippen LogP contribution in [0.3, 0.4) is 0 Å². The lowest BCUT2D eigenvalue weighted by atomic mass is 9.84. The van der Waals surface area contributed by atoms with Gasteiger partial charge in [0.2, 0.25) is 0 Å². The zero-order chi connectivity index (χ0) is 18.6. The molecule has 1 saturated heterocycles. The van der Waals surface area contributed by atoms with Gasteiger partial charge in [0, 0.05) is 31.7 Å². The lowest BCUT2D eigenvalue weighted by Gasteiger charge is -2.45. The Morgan fingerprint density at radius 1 is 1.08 bits per heavy atom. The maximum atomic E-state index is 12.3. The van der Waals surface area contributed by atoms with Crippen LogP contribution in [0, 0.1) is 5.92 Å². The Hall–Kier alpha value is -1.30. The van der Waals surface area contributed by atoms with Crippen LogP contribution in [0.4, 0.5) is 4.79 Å². The summed E-state index contributed by atoms with van der Waals surface area (Å²) < 4.78 is 10.6. The van der Waals surface area contributed by atoms with Crippen LogP contribution < -0.4 is 0 Å². The minimum absolute atomic E-state index is 0.0382. The van der Waals surface area contributed by atoms with E-state index in [0.717, 1.165) is 32.2 Å². The van der Waals surface area contributed by atoms with Crippen molar-refractivity contribution >= 4 is 12.1 Å². The Balaban J connectivity index is 1.82. The molecule has 0 unspecified atom stereocenters. The normalized spacial score (nSPS) is 28.5. The monoisotopic (exact) mass is 354 g/mol. The summed E-state index contributed by atoms with van der Waals surface area (Å²) in [4.78, 5) is 28.5. The molecule has 0 N–H and O–H groups in total. The van der Waals surface area contributed by atoms with Gasteiger partial charge in [0.05, 0.1) is 12.5 Å². The number of ether oxygens (including phenoxy) is 2. The van der Waals surface area contributed by atoms with Crippen molar-refractivity contribution in [1.29, 1.82) is 0 Å². The van der Waals surface area contributed by atoms with E-state index < -0.39 is 5.60 Å². The molecule has 0 spiro atoms. The molecule has 0 bridgehead atoms. The number of esters is 1. The van der Waals surface area contributed by atoms with Gasteiger partial charge in [-0.2, -0.15) is 0 Å². The summed E-state index contributed by atoms with van der Waals surface area (Å²) in [5.41, 5.74) is -0.455. The van der Waals surface area contributed by atoms with E-state index in [1.165, 1.54) is 0 Å². The highest BCUT2D eigenvalue weighted by atomic mass is 16.6. The molecule has 0 aromatic rings. The van der Waals surface area contributed by atoms with E-state index in [1.807, 2.05) is 32.6 Å². The molecule has 1 atom stereocenters. The van der Waals surface area contributed by atoms with Gasteiger partial charge < -0.3 is 14.4 Å². The van der Waals surface area contributed by atoms with Crippen LogP contribution in [0.2, 0.25) is 0 Å². The predicted molar refractivity (Wildman–Crippen MR) is 96.4 cm³/mol. The van der Waals surface area contributed by atoms with Gasteiger partial charge >= 0.3 is 12.1 Å². The van der Waals surface area contributed by atoms with Crippen molar-refractivity contribution in [3.63, 3.8) is 0 Å². The van der Waals surface area contributed by atoms with E-state index in [4.69, 9.17) is 9.47 Å². The smallest absolute Gasteiger partial charge is 0.410 e. The average molecular weight is 354 g/mol. The Kier molecular flexibility index (Phi) is 6.72. The third-order valence-electron chi connectivity index (χ3n) is 5.12. The SMILES string of the molecule is CCOC(=O)C1CCC(N2CCN(C(=O)OC(C)(C)C)C[C@@H]2C)CC1. The fraction of sp³-hybridized carbons (Fsp3) is 0.895. The highest BCUT2D eigenvalue weighted by molar-refractivity contribution is 5.72. The van der Waals surface area contributed by atoms with Gasteiger partial charge in [0.25, 0.3) is 0 Å². The Labute approximate surface area is 151 Å². The van der Waals surface area contributed by atoms with Gasteiger partial charge in [0.15, 0.2) is 0 Å². The minimum Gasteiger partial charge on any atom is -0.466 e. The Morgan fingerprint density at radius 3 is 2.24 bits per heavy atom. The third kappa shape index (κ3) is 5.59. The zero-order valence-electron chi connectivity index (χ0n) is 16.4. The third-order valence-corrected chi connectivity index (χ3v) is 5.12. The highest BCUT2D eigenvalue weighted by Crippen LogP contribution is 2.30. The van der Waals surface area contributed by atoms with Gasteiger partial charge in [0.1, 0.15) is 5.60 Å². The average Bonchev–Trinajstić information content (AvgIpc) is 2.53. The Morgan fingerprint density at radius 2 is 1.72 bits per heavy atom. The fourth-order valence-corrected chi connectivity index (χ4v) is 3.91. The molecule has 0 aromatic heterocycles. The van der Waals surface area contributed by atoms with Gasteiger partial charge in [-0.05, 0) is 60.3 Å². The van der Waals surface area contributed by atoms with E-state index in [2.05, 4.69) is 11.8 Å². The number of carbonyl (C=O) groups is 2. The predicted octanol–water partition coefficient (Wildman–Crippen LogP) is 3.05. The molecule has 1 aliphatic carbocycles. The first kappa shape index (κ1) is 20.0. The molecule has 1 heterocycles. The van der Waals surface area contributed by atoms with Gasteiger partial charge in [-0.3, -0.25) is 9.69 Å². The molecular formula is C19H34N2O4. The molecule has 1 amide bonds. The number of hydrogen-bond donors (Lipinski definition) is 0. The Bertz CT molecular complexity index is 467. The lowest BCUT2D eigenvalue weighted by molar-refractivity contribution is -0.149. The van der Waals surface area contributed by atoms with Crippen molar-refractivity contribution in [2.45, 2.75) is 78.0 Å². The first-order chi connectivity index (χ1) is 11.7. The van der Waals surface area contributed by atoms with Crippen LogP contribution in [0.15, 0.2) is 0 Å². The van der Waals surface area contributed by atoms with Crippen molar-refractivity contribution in [2.75, 3.05) is 26.2 Å². The van der Waals surface area contributed by atoms with E-state index in [9.17, 15) is 9.59 Å². The number of amides is 1. The molecule has 6 heteroatoms. The standard InChI is InChI=1S/C19H34N2O4/c1-6-24-17(22)15-7-9-16(10-8-15)21-12-11-20(13-14(21)2)18(23)25-19(3,4)5/h14-16H,6-13H2,1-5H3/t14-,15?,16?/m0/s1. The van der Waals surface area contributed by atoms with E-state index in [0.29, 0.717) is 31.8 Å². The van der Waals surface area contributed by atoms with Crippen LogP contribution in [-0.4, -0.2) is 65.8 Å². The van der Waals surface area contributed by atoms with E-state index in [-0.39, 0.29) is 18.0 Å². The highest BCUT2D eigenvalue weighted by Gasteiger charge is 2.36. The molecule has 2 rings (SSSR count). The maximum Gasteiger partial charge on any atom is 0.410 e. The van der Waals surface area contributed by atoms with Crippen molar-refractivity contribution in [1.82, 2.24) is 9.80 Å². The molecule has 1 aliphatic heterocycles. The number of piperazine rings is 1. The second-order valence-electron chi connectivity index (χ2n) is 8.27. The van der Waals surface area contributed by atoms with E-state index >= 15 is 0 Å². The summed E-state index contributed by atoms with van der Waals surface area (Å²) >= 11 is 0. The second kappa shape index (κ2) is 8.39. The van der Waals surface area contributed by atoms with Crippen LogP contribution in [0.1, 0.15) is 60.3 Å². The van der Waals surface area contributed by atoms with Crippen LogP contribution >= 0.6 is 0 Å². The van der Waals surface area contributed by atoms with Crippen LogP contribution in [-0.2, 0) is 14.3 Å². The molecule has 0 aromatic carbocycles. The fourth-order valence-electron chi connectivity index (χ4n) is 3.91. The molecule has 25 heavy (non-hydrogen) atoms. The molecule has 2 fully saturated rings. The minimum atomic E-state index is -0.455. The van der Waals surface area contributed by atoms with Gasteiger partial charge in [-0.15, -0.1) is 0 Å². The van der Waals surface area contributed by atoms with Crippen LogP contribution in [0.25, 0.3) is 0 Å². The summed E-state index contributed by atoms with van der Waals surface area (Å²) in [6.07, 6.45) is 3.65. The zero-order valence-corrected chi connectivity index (χ0v) is 16.4. The quantitative estimate of drug-likeness (QED) is 0.729. The van der Waals surface area contributed by atoms with Crippen molar-refractivity contribution in [2.24, 2.45) is 5.92 Å². The number of rotatable bonds is 3.